The lowest BCUT2D eigenvalue weighted by atomic mass is 10.2. The molecular formula is C10H8FN3O2. The molecule has 0 unspecified atom stereocenters. The highest BCUT2D eigenvalue weighted by Gasteiger charge is 2.13. The third-order valence-electron chi connectivity index (χ3n) is 1.87. The van der Waals surface area contributed by atoms with Gasteiger partial charge in [-0.2, -0.15) is 4.98 Å². The SMILES string of the molecule is Cc1nc(NC(=O)c2ccccc2F)no1. The van der Waals surface area contributed by atoms with Gasteiger partial charge in [0.2, 0.25) is 5.89 Å². The summed E-state index contributed by atoms with van der Waals surface area (Å²) in [5, 5.41) is 5.80. The van der Waals surface area contributed by atoms with Crippen LogP contribution in [0.2, 0.25) is 0 Å². The normalized spacial score (nSPS) is 10.1. The zero-order chi connectivity index (χ0) is 11.5. The molecule has 0 saturated heterocycles. The minimum absolute atomic E-state index is 0.0192. The Morgan fingerprint density at radius 3 is 2.81 bits per heavy atom. The molecule has 0 spiro atoms. The molecule has 16 heavy (non-hydrogen) atoms. The number of halogens is 1. The molecule has 1 aromatic carbocycles. The molecule has 1 heterocycles. The fourth-order valence-electron chi connectivity index (χ4n) is 1.16. The molecule has 0 aliphatic heterocycles. The molecule has 5 nitrogen and oxygen atoms in total. The molecular weight excluding hydrogens is 213 g/mol. The Kier molecular flexibility index (Phi) is 2.63. The lowest BCUT2D eigenvalue weighted by molar-refractivity contribution is 0.102. The van der Waals surface area contributed by atoms with Crippen LogP contribution >= 0.6 is 0 Å². The van der Waals surface area contributed by atoms with Gasteiger partial charge in [-0.3, -0.25) is 10.1 Å². The maximum Gasteiger partial charge on any atom is 0.270 e. The second-order valence-electron chi connectivity index (χ2n) is 3.07. The monoisotopic (exact) mass is 221 g/mol. The standard InChI is InChI=1S/C10H8FN3O2/c1-6-12-10(14-16-6)13-9(15)7-4-2-3-5-8(7)11/h2-5H,1H3,(H,13,14,15). The van der Waals surface area contributed by atoms with E-state index in [2.05, 4.69) is 20.0 Å². The van der Waals surface area contributed by atoms with Gasteiger partial charge in [-0.1, -0.05) is 12.1 Å². The molecule has 0 saturated carbocycles. The van der Waals surface area contributed by atoms with E-state index >= 15 is 0 Å². The lowest BCUT2D eigenvalue weighted by Gasteiger charge is -2.00. The number of nitrogens with one attached hydrogen (secondary N) is 1. The maximum atomic E-state index is 13.2. The van der Waals surface area contributed by atoms with E-state index in [1.165, 1.54) is 18.2 Å². The van der Waals surface area contributed by atoms with Crippen LogP contribution in [0.5, 0.6) is 0 Å². The van der Waals surface area contributed by atoms with Crippen LogP contribution in [-0.4, -0.2) is 16.0 Å². The van der Waals surface area contributed by atoms with Crippen LogP contribution in [-0.2, 0) is 0 Å². The van der Waals surface area contributed by atoms with Crippen molar-refractivity contribution in [1.82, 2.24) is 10.1 Å². The van der Waals surface area contributed by atoms with E-state index in [1.807, 2.05) is 0 Å². The van der Waals surface area contributed by atoms with E-state index in [0.29, 0.717) is 5.89 Å². The molecule has 0 aliphatic rings. The van der Waals surface area contributed by atoms with Crippen LogP contribution in [0.15, 0.2) is 28.8 Å². The minimum atomic E-state index is -0.612. The number of rotatable bonds is 2. The molecule has 0 atom stereocenters. The van der Waals surface area contributed by atoms with Crippen molar-refractivity contribution >= 4 is 11.9 Å². The van der Waals surface area contributed by atoms with Crippen molar-refractivity contribution in [2.45, 2.75) is 6.92 Å². The van der Waals surface area contributed by atoms with Gasteiger partial charge >= 0.3 is 0 Å². The van der Waals surface area contributed by atoms with E-state index in [0.717, 1.165) is 0 Å². The summed E-state index contributed by atoms with van der Waals surface area (Å²) >= 11 is 0. The Bertz CT molecular complexity index is 524. The van der Waals surface area contributed by atoms with Crippen LogP contribution in [0, 0.1) is 12.7 Å². The fraction of sp³-hybridized carbons (Fsp3) is 0.100. The predicted octanol–water partition coefficient (Wildman–Crippen LogP) is 1.77. The first-order valence-electron chi connectivity index (χ1n) is 4.53. The fourth-order valence-corrected chi connectivity index (χ4v) is 1.16. The maximum absolute atomic E-state index is 13.2. The van der Waals surface area contributed by atoms with Crippen molar-refractivity contribution in [3.63, 3.8) is 0 Å². The zero-order valence-electron chi connectivity index (χ0n) is 8.40. The first-order valence-corrected chi connectivity index (χ1v) is 4.53. The van der Waals surface area contributed by atoms with E-state index in [9.17, 15) is 9.18 Å². The number of carbonyl (C=O) groups is 1. The minimum Gasteiger partial charge on any atom is -0.338 e. The van der Waals surface area contributed by atoms with Gasteiger partial charge in [0.05, 0.1) is 5.56 Å². The number of benzene rings is 1. The number of nitrogens with zero attached hydrogens (tertiary/aromatic N) is 2. The average molecular weight is 221 g/mol. The van der Waals surface area contributed by atoms with Crippen molar-refractivity contribution < 1.29 is 13.7 Å². The number of anilines is 1. The summed E-state index contributed by atoms with van der Waals surface area (Å²) in [6.07, 6.45) is 0. The van der Waals surface area contributed by atoms with Crippen LogP contribution in [0.3, 0.4) is 0 Å². The highest BCUT2D eigenvalue weighted by atomic mass is 19.1. The lowest BCUT2D eigenvalue weighted by Crippen LogP contribution is -2.14. The number of aryl methyl sites for hydroxylation is 1. The van der Waals surface area contributed by atoms with Crippen molar-refractivity contribution in [2.75, 3.05) is 5.32 Å². The molecule has 82 valence electrons. The van der Waals surface area contributed by atoms with Gasteiger partial charge < -0.3 is 4.52 Å². The summed E-state index contributed by atoms with van der Waals surface area (Å²) < 4.78 is 17.9. The Morgan fingerprint density at radius 1 is 1.44 bits per heavy atom. The summed E-state index contributed by atoms with van der Waals surface area (Å²) in [6, 6.07) is 5.65. The molecule has 1 aromatic heterocycles. The second-order valence-corrected chi connectivity index (χ2v) is 3.07. The van der Waals surface area contributed by atoms with Crippen molar-refractivity contribution in [3.8, 4) is 0 Å². The molecule has 2 rings (SSSR count). The summed E-state index contributed by atoms with van der Waals surface area (Å²) in [4.78, 5) is 15.3. The largest absolute Gasteiger partial charge is 0.338 e. The first kappa shape index (κ1) is 10.3. The van der Waals surface area contributed by atoms with Crippen LogP contribution in [0.25, 0.3) is 0 Å². The number of amides is 1. The molecule has 0 radical (unpaired) electrons. The Balaban J connectivity index is 2.18. The van der Waals surface area contributed by atoms with E-state index < -0.39 is 11.7 Å². The van der Waals surface area contributed by atoms with E-state index in [4.69, 9.17) is 0 Å². The number of hydrogen-bond acceptors (Lipinski definition) is 4. The topological polar surface area (TPSA) is 68.0 Å². The summed E-state index contributed by atoms with van der Waals surface area (Å²) in [5.74, 6) is -0.867. The number of hydrogen-bond donors (Lipinski definition) is 1. The third kappa shape index (κ3) is 2.05. The van der Waals surface area contributed by atoms with Crippen LogP contribution in [0.1, 0.15) is 16.2 Å². The molecule has 6 heteroatoms. The summed E-state index contributed by atoms with van der Waals surface area (Å²) in [5.41, 5.74) is -0.0649. The van der Waals surface area contributed by atoms with Gasteiger partial charge in [-0.15, -0.1) is 0 Å². The van der Waals surface area contributed by atoms with Gasteiger partial charge in [0.15, 0.2) is 0 Å². The second kappa shape index (κ2) is 4.09. The van der Waals surface area contributed by atoms with Gasteiger partial charge in [-0.25, -0.2) is 4.39 Å². The first-order chi connectivity index (χ1) is 7.66. The highest BCUT2D eigenvalue weighted by Crippen LogP contribution is 2.09. The van der Waals surface area contributed by atoms with Crippen LogP contribution in [0.4, 0.5) is 10.3 Å². The highest BCUT2D eigenvalue weighted by molar-refractivity contribution is 6.03. The Hall–Kier alpha value is -2.24. The Morgan fingerprint density at radius 2 is 2.19 bits per heavy atom. The van der Waals surface area contributed by atoms with Crippen LogP contribution < -0.4 is 5.32 Å². The van der Waals surface area contributed by atoms with Crippen molar-refractivity contribution in [3.05, 3.63) is 41.5 Å². The smallest absolute Gasteiger partial charge is 0.270 e. The zero-order valence-corrected chi connectivity index (χ0v) is 8.40. The summed E-state index contributed by atoms with van der Waals surface area (Å²) in [7, 11) is 0. The number of carbonyl (C=O) groups excluding carboxylic acids is 1. The molecule has 0 fully saturated rings. The molecule has 1 amide bonds. The molecule has 0 aliphatic carbocycles. The van der Waals surface area contributed by atoms with Gasteiger partial charge in [0, 0.05) is 6.92 Å². The molecule has 2 aromatic rings. The van der Waals surface area contributed by atoms with Crippen molar-refractivity contribution in [2.24, 2.45) is 0 Å². The third-order valence-corrected chi connectivity index (χ3v) is 1.87. The predicted molar refractivity (Wildman–Crippen MR) is 53.4 cm³/mol. The summed E-state index contributed by atoms with van der Waals surface area (Å²) in [6.45, 7) is 1.59. The van der Waals surface area contributed by atoms with Gasteiger partial charge in [-0.05, 0) is 17.3 Å². The van der Waals surface area contributed by atoms with Gasteiger partial charge in [0.1, 0.15) is 5.82 Å². The van der Waals surface area contributed by atoms with Gasteiger partial charge in [0.25, 0.3) is 11.9 Å². The Labute approximate surface area is 90.3 Å². The van der Waals surface area contributed by atoms with E-state index in [-0.39, 0.29) is 11.5 Å². The quantitative estimate of drug-likeness (QED) is 0.839. The number of aromatic nitrogens is 2. The average Bonchev–Trinajstić information content (AvgIpc) is 2.64. The molecule has 1 N–H and O–H groups in total. The molecule has 0 bridgehead atoms. The van der Waals surface area contributed by atoms with Crippen molar-refractivity contribution in [1.29, 1.82) is 0 Å². The van der Waals surface area contributed by atoms with E-state index in [1.54, 1.807) is 13.0 Å².